The monoisotopic (exact) mass is 299 g/mol. The Morgan fingerprint density at radius 1 is 1.36 bits per heavy atom. The lowest BCUT2D eigenvalue weighted by molar-refractivity contribution is 0.0937. The van der Waals surface area contributed by atoms with E-state index < -0.39 is 0 Å². The van der Waals surface area contributed by atoms with E-state index in [1.165, 1.54) is 6.42 Å². The molecule has 116 valence electrons. The van der Waals surface area contributed by atoms with E-state index in [9.17, 15) is 4.79 Å². The quantitative estimate of drug-likeness (QED) is 0.881. The number of amides is 1. The fourth-order valence-corrected chi connectivity index (χ4v) is 3.02. The number of carbonyl (C=O) groups excluding carboxylic acids is 1. The number of rotatable bonds is 5. The van der Waals surface area contributed by atoms with E-state index >= 15 is 0 Å². The van der Waals surface area contributed by atoms with Gasteiger partial charge in [0.15, 0.2) is 5.69 Å². The predicted octanol–water partition coefficient (Wildman–Crippen LogP) is 1.69. The fraction of sp³-hybridized carbons (Fsp3) is 0.438. The lowest BCUT2D eigenvalue weighted by Gasteiger charge is -2.22. The van der Waals surface area contributed by atoms with Crippen molar-refractivity contribution < 1.29 is 4.79 Å². The van der Waals surface area contributed by atoms with Gasteiger partial charge in [0, 0.05) is 18.2 Å². The smallest absolute Gasteiger partial charge is 0.274 e. The highest BCUT2D eigenvalue weighted by Gasteiger charge is 2.24. The maximum absolute atomic E-state index is 12.4. The number of carbonyl (C=O) groups is 1. The van der Waals surface area contributed by atoms with Crippen LogP contribution >= 0.6 is 0 Å². The average molecular weight is 299 g/mol. The molecule has 22 heavy (non-hydrogen) atoms. The van der Waals surface area contributed by atoms with Crippen LogP contribution in [0.3, 0.4) is 0 Å². The first-order chi connectivity index (χ1) is 10.8. The zero-order valence-corrected chi connectivity index (χ0v) is 12.7. The summed E-state index contributed by atoms with van der Waals surface area (Å²) < 4.78 is 0. The first kappa shape index (κ1) is 14.7. The van der Waals surface area contributed by atoms with Crippen molar-refractivity contribution in [1.82, 2.24) is 25.6 Å². The Kier molecular flexibility index (Phi) is 4.48. The van der Waals surface area contributed by atoms with Crippen LogP contribution in [-0.4, -0.2) is 51.9 Å². The predicted molar refractivity (Wildman–Crippen MR) is 84.4 cm³/mol. The van der Waals surface area contributed by atoms with Crippen LogP contribution in [-0.2, 0) is 0 Å². The van der Waals surface area contributed by atoms with E-state index in [2.05, 4.69) is 32.6 Å². The Morgan fingerprint density at radius 3 is 2.95 bits per heavy atom. The van der Waals surface area contributed by atoms with Gasteiger partial charge in [-0.1, -0.05) is 37.3 Å². The largest absolute Gasteiger partial charge is 0.349 e. The van der Waals surface area contributed by atoms with Gasteiger partial charge in [-0.05, 0) is 25.9 Å². The van der Waals surface area contributed by atoms with Gasteiger partial charge >= 0.3 is 0 Å². The highest BCUT2D eigenvalue weighted by atomic mass is 16.2. The van der Waals surface area contributed by atoms with Gasteiger partial charge in [-0.15, -0.1) is 0 Å². The van der Waals surface area contributed by atoms with Gasteiger partial charge < -0.3 is 5.32 Å². The lowest BCUT2D eigenvalue weighted by Crippen LogP contribution is -2.40. The Hall–Kier alpha value is -2.21. The third-order valence-corrected chi connectivity index (χ3v) is 4.21. The molecule has 2 heterocycles. The number of likely N-dealkylation sites (tertiary alicyclic amines) is 1. The van der Waals surface area contributed by atoms with Gasteiger partial charge in [0.1, 0.15) is 5.69 Å². The van der Waals surface area contributed by atoms with Crippen molar-refractivity contribution in [2.24, 2.45) is 0 Å². The third-order valence-electron chi connectivity index (χ3n) is 4.21. The van der Waals surface area contributed by atoms with Gasteiger partial charge in [-0.3, -0.25) is 9.69 Å². The van der Waals surface area contributed by atoms with E-state index in [0.29, 0.717) is 24.0 Å². The molecule has 6 heteroatoms. The summed E-state index contributed by atoms with van der Waals surface area (Å²) in [4.78, 5) is 14.8. The van der Waals surface area contributed by atoms with Crippen molar-refractivity contribution in [3.63, 3.8) is 0 Å². The number of likely N-dealkylation sites (N-methyl/N-ethyl adjacent to an activating group) is 1. The van der Waals surface area contributed by atoms with Crippen molar-refractivity contribution in [3.05, 3.63) is 36.0 Å². The molecule has 2 aromatic rings. The van der Waals surface area contributed by atoms with E-state index in [-0.39, 0.29) is 5.91 Å². The molecule has 1 saturated heterocycles. The van der Waals surface area contributed by atoms with Crippen LogP contribution in [0.1, 0.15) is 30.3 Å². The molecule has 0 aliphatic carbocycles. The maximum Gasteiger partial charge on any atom is 0.274 e. The number of H-pyrrole nitrogens is 1. The van der Waals surface area contributed by atoms with E-state index in [4.69, 9.17) is 0 Å². The summed E-state index contributed by atoms with van der Waals surface area (Å²) in [6.45, 7) is 4.97. The third kappa shape index (κ3) is 3.01. The van der Waals surface area contributed by atoms with Crippen LogP contribution in [0, 0.1) is 0 Å². The number of nitrogens with one attached hydrogen (secondary N) is 2. The van der Waals surface area contributed by atoms with Crippen LogP contribution in [0.2, 0.25) is 0 Å². The minimum absolute atomic E-state index is 0.171. The summed E-state index contributed by atoms with van der Waals surface area (Å²) in [5.74, 6) is -0.171. The summed E-state index contributed by atoms with van der Waals surface area (Å²) in [6.07, 6.45) is 2.34. The second-order valence-electron chi connectivity index (χ2n) is 5.52. The molecular weight excluding hydrogens is 278 g/mol. The number of nitrogens with zero attached hydrogens (tertiary/aromatic N) is 3. The first-order valence-corrected chi connectivity index (χ1v) is 7.78. The molecule has 0 saturated carbocycles. The van der Waals surface area contributed by atoms with E-state index in [1.54, 1.807) is 0 Å². The van der Waals surface area contributed by atoms with E-state index in [0.717, 1.165) is 25.1 Å². The van der Waals surface area contributed by atoms with Crippen LogP contribution in [0.4, 0.5) is 0 Å². The van der Waals surface area contributed by atoms with Gasteiger partial charge in [-0.2, -0.15) is 15.4 Å². The normalized spacial score (nSPS) is 18.5. The van der Waals surface area contributed by atoms with Crippen LogP contribution in [0.25, 0.3) is 11.3 Å². The number of aromatic amines is 1. The molecule has 2 N–H and O–H groups in total. The summed E-state index contributed by atoms with van der Waals surface area (Å²) in [5.41, 5.74) is 1.83. The molecule has 0 spiro atoms. The Balaban J connectivity index is 1.67. The van der Waals surface area contributed by atoms with E-state index in [1.807, 2.05) is 30.3 Å². The zero-order valence-electron chi connectivity index (χ0n) is 12.7. The second kappa shape index (κ2) is 6.70. The topological polar surface area (TPSA) is 73.9 Å². The minimum Gasteiger partial charge on any atom is -0.349 e. The molecule has 6 nitrogen and oxygen atoms in total. The molecule has 1 aromatic heterocycles. The minimum atomic E-state index is -0.171. The summed E-state index contributed by atoms with van der Waals surface area (Å²) in [5, 5.41) is 13.7. The molecule has 0 bridgehead atoms. The summed E-state index contributed by atoms with van der Waals surface area (Å²) >= 11 is 0. The number of hydrogen-bond donors (Lipinski definition) is 2. The zero-order chi connectivity index (χ0) is 15.4. The van der Waals surface area contributed by atoms with Gasteiger partial charge in [0.2, 0.25) is 0 Å². The van der Waals surface area contributed by atoms with Gasteiger partial charge in [-0.25, -0.2) is 0 Å². The molecule has 1 atom stereocenters. The van der Waals surface area contributed by atoms with Crippen molar-refractivity contribution in [2.75, 3.05) is 19.6 Å². The Bertz CT molecular complexity index is 624. The van der Waals surface area contributed by atoms with Crippen molar-refractivity contribution in [1.29, 1.82) is 0 Å². The molecule has 1 amide bonds. The molecule has 1 fully saturated rings. The average Bonchev–Trinajstić information content (AvgIpc) is 3.22. The molecule has 1 aliphatic rings. The lowest BCUT2D eigenvalue weighted by atomic mass is 10.1. The molecule has 1 aromatic carbocycles. The molecule has 1 aliphatic heterocycles. The standard InChI is InChI=1S/C16H21N5O/c1-2-21-10-6-9-13(21)11-17-16(22)15-14(18-20-19-15)12-7-4-3-5-8-12/h3-5,7-8,13H,2,6,9-11H2,1H3,(H,17,22)(H,18,19,20)/t13-/m0/s1. The molecular formula is C16H21N5O. The van der Waals surface area contributed by atoms with Crippen LogP contribution in [0.15, 0.2) is 30.3 Å². The van der Waals surface area contributed by atoms with Gasteiger partial charge in [0.25, 0.3) is 5.91 Å². The van der Waals surface area contributed by atoms with Crippen molar-refractivity contribution >= 4 is 5.91 Å². The number of hydrogen-bond acceptors (Lipinski definition) is 4. The summed E-state index contributed by atoms with van der Waals surface area (Å²) in [7, 11) is 0. The Labute approximate surface area is 129 Å². The summed E-state index contributed by atoms with van der Waals surface area (Å²) in [6, 6.07) is 10.0. The number of aromatic nitrogens is 3. The molecule has 0 unspecified atom stereocenters. The van der Waals surface area contributed by atoms with Crippen LogP contribution < -0.4 is 5.32 Å². The highest BCUT2D eigenvalue weighted by Crippen LogP contribution is 2.19. The first-order valence-electron chi connectivity index (χ1n) is 7.78. The van der Waals surface area contributed by atoms with Gasteiger partial charge in [0.05, 0.1) is 0 Å². The number of benzene rings is 1. The second-order valence-corrected chi connectivity index (χ2v) is 5.52. The van der Waals surface area contributed by atoms with Crippen molar-refractivity contribution in [2.45, 2.75) is 25.8 Å². The SMILES string of the molecule is CCN1CCC[C@H]1CNC(=O)c1n[nH]nc1-c1ccccc1. The maximum atomic E-state index is 12.4. The fourth-order valence-electron chi connectivity index (χ4n) is 3.02. The highest BCUT2D eigenvalue weighted by molar-refractivity contribution is 5.97. The van der Waals surface area contributed by atoms with Crippen LogP contribution in [0.5, 0.6) is 0 Å². The Morgan fingerprint density at radius 2 is 2.18 bits per heavy atom. The molecule has 3 rings (SSSR count). The van der Waals surface area contributed by atoms with Crippen molar-refractivity contribution in [3.8, 4) is 11.3 Å². The molecule has 0 radical (unpaired) electrons.